The number of rotatable bonds is 5. The average Bonchev–Trinajstić information content (AvgIpc) is 2.83. The molecule has 178 valence electrons. The highest BCUT2D eigenvalue weighted by Crippen LogP contribution is 2.20. The number of halogens is 1. The number of aromatic nitrogens is 1. The van der Waals surface area contributed by atoms with Crippen LogP contribution in [0.15, 0.2) is 47.5 Å². The molecule has 9 nitrogen and oxygen atoms in total. The van der Waals surface area contributed by atoms with Crippen molar-refractivity contribution < 1.29 is 17.6 Å². The number of sulfonamides is 1. The Balaban J connectivity index is 1.29. The number of amides is 2. The average molecular weight is 477 g/mol. The van der Waals surface area contributed by atoms with Crippen molar-refractivity contribution in [3.05, 3.63) is 54.0 Å². The van der Waals surface area contributed by atoms with Gasteiger partial charge in [-0.05, 0) is 36.9 Å². The van der Waals surface area contributed by atoms with E-state index in [0.717, 1.165) is 43.6 Å². The van der Waals surface area contributed by atoms with E-state index in [1.165, 1.54) is 22.5 Å². The molecule has 3 heterocycles. The van der Waals surface area contributed by atoms with Gasteiger partial charge in [0.05, 0.1) is 0 Å². The minimum atomic E-state index is -3.93. The van der Waals surface area contributed by atoms with Crippen molar-refractivity contribution in [3.8, 4) is 0 Å². The molecule has 2 aliphatic rings. The molecule has 4 rings (SSSR count). The number of benzene rings is 1. The molecular weight excluding hydrogens is 447 g/mol. The van der Waals surface area contributed by atoms with Crippen LogP contribution in [0.25, 0.3) is 0 Å². The van der Waals surface area contributed by atoms with Crippen LogP contribution >= 0.6 is 0 Å². The van der Waals surface area contributed by atoms with Gasteiger partial charge in [0.1, 0.15) is 16.5 Å². The summed E-state index contributed by atoms with van der Waals surface area (Å²) in [5.41, 5.74) is 0.952. The molecule has 2 fully saturated rings. The third-order valence-electron chi connectivity index (χ3n) is 6.06. The van der Waals surface area contributed by atoms with Gasteiger partial charge >= 0.3 is 6.03 Å². The topological polar surface area (TPSA) is 89.1 Å². The fraction of sp³-hybridized carbons (Fsp3) is 0.455. The van der Waals surface area contributed by atoms with E-state index in [1.54, 1.807) is 11.1 Å². The molecule has 2 amide bonds. The van der Waals surface area contributed by atoms with Crippen LogP contribution in [0.1, 0.15) is 5.56 Å². The zero-order valence-electron chi connectivity index (χ0n) is 18.7. The number of piperazine rings is 2. The lowest BCUT2D eigenvalue weighted by Crippen LogP contribution is -2.53. The monoisotopic (exact) mass is 476 g/mol. The fourth-order valence-electron chi connectivity index (χ4n) is 3.99. The Kier molecular flexibility index (Phi) is 7.11. The third-order valence-corrected chi connectivity index (χ3v) is 7.99. The van der Waals surface area contributed by atoms with Crippen molar-refractivity contribution in [2.24, 2.45) is 0 Å². The predicted octanol–water partition coefficient (Wildman–Crippen LogP) is 1.19. The maximum atomic E-state index is 14.0. The summed E-state index contributed by atoms with van der Waals surface area (Å²) in [5, 5.41) is 2.90. The standard InChI is InChI=1S/C22H29FN6O3S/c1-26-8-10-27(11-9-26)21-16-18(6-7-24-21)17-25-22(30)28-12-14-29(15-13-28)33(31,32)20-5-3-2-4-19(20)23/h2-7,16H,8-15,17H2,1H3,(H,25,30). The van der Waals surface area contributed by atoms with Crippen LogP contribution in [0.2, 0.25) is 0 Å². The first-order valence-corrected chi connectivity index (χ1v) is 12.4. The Labute approximate surface area is 193 Å². The van der Waals surface area contributed by atoms with E-state index in [2.05, 4.69) is 27.1 Å². The van der Waals surface area contributed by atoms with Gasteiger partial charge in [0.15, 0.2) is 0 Å². The first-order valence-electron chi connectivity index (χ1n) is 11.0. The van der Waals surface area contributed by atoms with E-state index in [0.29, 0.717) is 6.54 Å². The lowest BCUT2D eigenvalue weighted by atomic mass is 10.2. The number of carbonyl (C=O) groups excluding carboxylic acids is 1. The van der Waals surface area contributed by atoms with Gasteiger partial charge in [-0.15, -0.1) is 0 Å². The maximum Gasteiger partial charge on any atom is 0.317 e. The van der Waals surface area contributed by atoms with Gasteiger partial charge in [0.25, 0.3) is 0 Å². The second-order valence-corrected chi connectivity index (χ2v) is 10.2. The predicted molar refractivity (Wildman–Crippen MR) is 123 cm³/mol. The Bertz CT molecular complexity index is 1080. The largest absolute Gasteiger partial charge is 0.354 e. The number of likely N-dealkylation sites (N-methyl/N-ethyl adjacent to an activating group) is 1. The number of pyridine rings is 1. The highest BCUT2D eigenvalue weighted by atomic mass is 32.2. The van der Waals surface area contributed by atoms with Crippen molar-refractivity contribution in [1.29, 1.82) is 0 Å². The highest BCUT2D eigenvalue weighted by Gasteiger charge is 2.31. The Morgan fingerprint density at radius 3 is 2.42 bits per heavy atom. The zero-order chi connectivity index (χ0) is 23.4. The Morgan fingerprint density at radius 2 is 1.73 bits per heavy atom. The molecule has 0 radical (unpaired) electrons. The summed E-state index contributed by atoms with van der Waals surface area (Å²) in [7, 11) is -1.83. The molecule has 0 spiro atoms. The molecule has 0 aliphatic carbocycles. The SMILES string of the molecule is CN1CCN(c2cc(CNC(=O)N3CCN(S(=O)(=O)c4ccccc4F)CC3)ccn2)CC1. The molecule has 2 aliphatic heterocycles. The van der Waals surface area contributed by atoms with Crippen molar-refractivity contribution >= 4 is 21.9 Å². The number of anilines is 1. The number of carbonyl (C=O) groups is 1. The molecule has 0 atom stereocenters. The van der Waals surface area contributed by atoms with E-state index in [-0.39, 0.29) is 37.1 Å². The molecule has 1 N–H and O–H groups in total. The highest BCUT2D eigenvalue weighted by molar-refractivity contribution is 7.89. The molecule has 11 heteroatoms. The molecule has 1 aromatic heterocycles. The van der Waals surface area contributed by atoms with E-state index >= 15 is 0 Å². The van der Waals surface area contributed by atoms with E-state index in [4.69, 9.17) is 0 Å². The molecule has 2 saturated heterocycles. The van der Waals surface area contributed by atoms with Crippen LogP contribution in [0, 0.1) is 5.82 Å². The van der Waals surface area contributed by atoms with Crippen LogP contribution in [-0.4, -0.2) is 92.9 Å². The van der Waals surface area contributed by atoms with Crippen LogP contribution in [0.5, 0.6) is 0 Å². The molecule has 0 unspecified atom stereocenters. The lowest BCUT2D eigenvalue weighted by Gasteiger charge is -2.34. The zero-order valence-corrected chi connectivity index (χ0v) is 19.5. The number of hydrogen-bond acceptors (Lipinski definition) is 6. The summed E-state index contributed by atoms with van der Waals surface area (Å²) >= 11 is 0. The van der Waals surface area contributed by atoms with Crippen molar-refractivity contribution in [3.63, 3.8) is 0 Å². The molecule has 2 aromatic rings. The fourth-order valence-corrected chi connectivity index (χ4v) is 5.48. The normalized spacial score (nSPS) is 18.4. The van der Waals surface area contributed by atoms with E-state index in [9.17, 15) is 17.6 Å². The Hall–Kier alpha value is -2.76. The minimum absolute atomic E-state index is 0.118. The summed E-state index contributed by atoms with van der Waals surface area (Å²) in [4.78, 5) is 22.9. The minimum Gasteiger partial charge on any atom is -0.354 e. The van der Waals surface area contributed by atoms with Gasteiger partial charge in [0, 0.05) is 65.1 Å². The second kappa shape index (κ2) is 10.0. The summed E-state index contributed by atoms with van der Waals surface area (Å²) in [5.74, 6) is 0.132. The number of nitrogens with zero attached hydrogens (tertiary/aromatic N) is 5. The summed E-state index contributed by atoms with van der Waals surface area (Å²) < 4.78 is 40.7. The van der Waals surface area contributed by atoms with Gasteiger partial charge in [-0.25, -0.2) is 22.6 Å². The Morgan fingerprint density at radius 1 is 1.03 bits per heavy atom. The molecule has 33 heavy (non-hydrogen) atoms. The van der Waals surface area contributed by atoms with E-state index in [1.807, 2.05) is 12.1 Å². The van der Waals surface area contributed by atoms with Crippen LogP contribution in [0.4, 0.5) is 15.0 Å². The number of hydrogen-bond donors (Lipinski definition) is 1. The lowest BCUT2D eigenvalue weighted by molar-refractivity contribution is 0.172. The van der Waals surface area contributed by atoms with Crippen molar-refractivity contribution in [2.75, 3.05) is 64.3 Å². The summed E-state index contributed by atoms with van der Waals surface area (Å²) in [6, 6.07) is 8.95. The molecule has 0 bridgehead atoms. The molecule has 1 aromatic carbocycles. The quantitative estimate of drug-likeness (QED) is 0.698. The van der Waals surface area contributed by atoms with E-state index < -0.39 is 15.8 Å². The van der Waals surface area contributed by atoms with Crippen LogP contribution in [-0.2, 0) is 16.6 Å². The van der Waals surface area contributed by atoms with Gasteiger partial charge in [-0.3, -0.25) is 0 Å². The smallest absolute Gasteiger partial charge is 0.317 e. The number of urea groups is 1. The van der Waals surface area contributed by atoms with Gasteiger partial charge in [0.2, 0.25) is 10.0 Å². The van der Waals surface area contributed by atoms with Crippen LogP contribution < -0.4 is 10.2 Å². The second-order valence-electron chi connectivity index (χ2n) is 8.29. The van der Waals surface area contributed by atoms with Crippen molar-refractivity contribution in [1.82, 2.24) is 24.4 Å². The first kappa shape index (κ1) is 23.4. The number of nitrogens with one attached hydrogen (secondary N) is 1. The van der Waals surface area contributed by atoms with Gasteiger partial charge in [-0.1, -0.05) is 12.1 Å². The molecular formula is C22H29FN6O3S. The van der Waals surface area contributed by atoms with Gasteiger partial charge in [-0.2, -0.15) is 4.31 Å². The van der Waals surface area contributed by atoms with Crippen LogP contribution in [0.3, 0.4) is 0 Å². The maximum absolute atomic E-state index is 14.0. The first-order chi connectivity index (χ1) is 15.8. The molecule has 0 saturated carbocycles. The summed E-state index contributed by atoms with van der Waals surface area (Å²) in [6.07, 6.45) is 1.75. The van der Waals surface area contributed by atoms with Gasteiger partial charge < -0.3 is 20.0 Å². The van der Waals surface area contributed by atoms with Crippen molar-refractivity contribution in [2.45, 2.75) is 11.4 Å². The summed E-state index contributed by atoms with van der Waals surface area (Å²) in [6.45, 7) is 4.88. The third kappa shape index (κ3) is 5.43.